The van der Waals surface area contributed by atoms with E-state index in [9.17, 15) is 18.4 Å². The lowest BCUT2D eigenvalue weighted by Gasteiger charge is -2.12. The molecule has 5 rings (SSSR count). The first-order valence-electron chi connectivity index (χ1n) is 10.9. The molecule has 9 heteroatoms. The minimum atomic E-state index is -0.532. The molecule has 0 atom stereocenters. The molecule has 3 aromatic heterocycles. The Morgan fingerprint density at radius 2 is 1.83 bits per heavy atom. The van der Waals surface area contributed by atoms with E-state index in [1.807, 2.05) is 0 Å². The monoisotopic (exact) mass is 474 g/mol. The summed E-state index contributed by atoms with van der Waals surface area (Å²) < 4.78 is 35.9. The third kappa shape index (κ3) is 4.48. The van der Waals surface area contributed by atoms with Gasteiger partial charge in [0.2, 0.25) is 0 Å². The summed E-state index contributed by atoms with van der Waals surface area (Å²) in [4.78, 5) is 29.5. The van der Waals surface area contributed by atoms with Gasteiger partial charge in [0.1, 0.15) is 23.0 Å². The molecule has 0 bridgehead atoms. The number of esters is 1. The number of rotatable bonds is 6. The molecule has 0 saturated heterocycles. The smallest absolute Gasteiger partial charge is 0.358 e. The number of halogens is 2. The Bertz CT molecular complexity index is 1590. The number of nitrogens with zero attached hydrogens (tertiary/aromatic N) is 3. The summed E-state index contributed by atoms with van der Waals surface area (Å²) in [5, 5.41) is 3.39. The van der Waals surface area contributed by atoms with Crippen LogP contribution in [0.25, 0.3) is 16.6 Å². The van der Waals surface area contributed by atoms with Gasteiger partial charge in [-0.1, -0.05) is 12.1 Å². The number of imidazole rings is 1. The van der Waals surface area contributed by atoms with E-state index in [0.29, 0.717) is 27.8 Å². The Kier molecular flexibility index (Phi) is 5.74. The van der Waals surface area contributed by atoms with E-state index in [1.165, 1.54) is 30.5 Å². The molecule has 0 saturated carbocycles. The third-order valence-electron chi connectivity index (χ3n) is 5.52. The number of carbonyl (C=O) groups is 2. The van der Waals surface area contributed by atoms with E-state index in [1.54, 1.807) is 58.5 Å². The van der Waals surface area contributed by atoms with Crippen LogP contribution in [0.5, 0.6) is 0 Å². The number of anilines is 1. The van der Waals surface area contributed by atoms with Crippen molar-refractivity contribution in [1.82, 2.24) is 14.0 Å². The maximum atomic E-state index is 13.9. The van der Waals surface area contributed by atoms with Crippen LogP contribution in [0.4, 0.5) is 14.5 Å². The lowest BCUT2D eigenvalue weighted by molar-refractivity contribution is 0.0520. The van der Waals surface area contributed by atoms with Gasteiger partial charge in [0.15, 0.2) is 5.69 Å². The quantitative estimate of drug-likeness (QED) is 0.350. The van der Waals surface area contributed by atoms with Gasteiger partial charge < -0.3 is 19.0 Å². The van der Waals surface area contributed by atoms with Crippen molar-refractivity contribution in [3.63, 3.8) is 0 Å². The zero-order valence-corrected chi connectivity index (χ0v) is 18.7. The van der Waals surface area contributed by atoms with Crippen LogP contribution in [0.2, 0.25) is 0 Å². The molecular formula is C26H20F2N4O3. The molecule has 3 heterocycles. The molecule has 0 aliphatic rings. The van der Waals surface area contributed by atoms with Crippen LogP contribution in [0, 0.1) is 11.6 Å². The average Bonchev–Trinajstić information content (AvgIpc) is 3.40. The Morgan fingerprint density at radius 3 is 2.63 bits per heavy atom. The average molecular weight is 474 g/mol. The van der Waals surface area contributed by atoms with Gasteiger partial charge in [-0.05, 0) is 61.0 Å². The summed E-state index contributed by atoms with van der Waals surface area (Å²) >= 11 is 0. The first kappa shape index (κ1) is 22.3. The number of ether oxygens (including phenoxy) is 1. The molecule has 7 nitrogen and oxygen atoms in total. The van der Waals surface area contributed by atoms with Gasteiger partial charge in [-0.15, -0.1) is 0 Å². The largest absolute Gasteiger partial charge is 0.461 e. The fourth-order valence-corrected chi connectivity index (χ4v) is 3.98. The predicted octanol–water partition coefficient (Wildman–Crippen LogP) is 5.04. The Morgan fingerprint density at radius 1 is 1.00 bits per heavy atom. The highest BCUT2D eigenvalue weighted by atomic mass is 19.1. The Balaban J connectivity index is 1.48. The van der Waals surface area contributed by atoms with E-state index in [4.69, 9.17) is 4.74 Å². The van der Waals surface area contributed by atoms with Crippen molar-refractivity contribution in [2.24, 2.45) is 0 Å². The number of amides is 1. The number of hydrogen-bond donors (Lipinski definition) is 1. The van der Waals surface area contributed by atoms with Gasteiger partial charge in [0.05, 0.1) is 12.3 Å². The van der Waals surface area contributed by atoms with Crippen molar-refractivity contribution in [1.29, 1.82) is 0 Å². The molecule has 0 unspecified atom stereocenters. The topological polar surface area (TPSA) is 77.6 Å². The highest BCUT2D eigenvalue weighted by molar-refractivity contribution is 6.06. The maximum Gasteiger partial charge on any atom is 0.358 e. The number of carbonyl (C=O) groups excluding carboxylic acids is 2. The predicted molar refractivity (Wildman–Crippen MR) is 126 cm³/mol. The number of benzene rings is 2. The molecule has 0 spiro atoms. The van der Waals surface area contributed by atoms with Crippen LogP contribution in [-0.4, -0.2) is 32.4 Å². The number of fused-ring (bicyclic) bond motifs is 2. The maximum absolute atomic E-state index is 13.9. The van der Waals surface area contributed by atoms with Crippen molar-refractivity contribution < 1.29 is 23.1 Å². The third-order valence-corrected chi connectivity index (χ3v) is 5.52. The molecule has 0 fully saturated rings. The number of hydrogen-bond acceptors (Lipinski definition) is 4. The van der Waals surface area contributed by atoms with Crippen LogP contribution in [0.3, 0.4) is 0 Å². The van der Waals surface area contributed by atoms with E-state index in [2.05, 4.69) is 10.3 Å². The summed E-state index contributed by atoms with van der Waals surface area (Å²) in [5.74, 6) is -1.76. The van der Waals surface area contributed by atoms with Crippen molar-refractivity contribution in [2.75, 3.05) is 11.9 Å². The molecule has 2 aromatic carbocycles. The normalized spacial score (nSPS) is 11.2. The van der Waals surface area contributed by atoms with E-state index < -0.39 is 17.7 Å². The lowest BCUT2D eigenvalue weighted by atomic mass is 10.2. The zero-order valence-electron chi connectivity index (χ0n) is 18.7. The van der Waals surface area contributed by atoms with Crippen LogP contribution < -0.4 is 5.32 Å². The van der Waals surface area contributed by atoms with Crippen molar-refractivity contribution in [3.05, 3.63) is 102 Å². The van der Waals surface area contributed by atoms with Crippen LogP contribution in [0.15, 0.2) is 73.1 Å². The minimum absolute atomic E-state index is 0.160. The number of aromatic nitrogens is 3. The zero-order chi connectivity index (χ0) is 24.5. The molecule has 35 heavy (non-hydrogen) atoms. The molecule has 0 aliphatic heterocycles. The van der Waals surface area contributed by atoms with Gasteiger partial charge in [-0.3, -0.25) is 4.79 Å². The Labute approximate surface area is 198 Å². The fraction of sp³-hybridized carbons (Fsp3) is 0.115. The van der Waals surface area contributed by atoms with Gasteiger partial charge in [0, 0.05) is 29.8 Å². The highest BCUT2D eigenvalue weighted by Gasteiger charge is 2.18. The van der Waals surface area contributed by atoms with E-state index in [0.717, 1.165) is 0 Å². The molecule has 0 aliphatic carbocycles. The second-order valence-electron chi connectivity index (χ2n) is 7.93. The van der Waals surface area contributed by atoms with E-state index >= 15 is 0 Å². The molecular weight excluding hydrogens is 454 g/mol. The van der Waals surface area contributed by atoms with Gasteiger partial charge in [-0.2, -0.15) is 0 Å². The van der Waals surface area contributed by atoms with Crippen LogP contribution in [0.1, 0.15) is 33.5 Å². The van der Waals surface area contributed by atoms with Crippen LogP contribution in [-0.2, 0) is 11.3 Å². The SMILES string of the molecule is CCOC(=O)c1cn2cc(NC(=O)c3cc4cc(F)ccc4n3Cc3cccc(F)c3)ccc2n1. The first-order chi connectivity index (χ1) is 16.9. The molecule has 176 valence electrons. The second kappa shape index (κ2) is 9.02. The number of nitrogens with one attached hydrogen (secondary N) is 1. The summed E-state index contributed by atoms with van der Waals surface area (Å²) in [7, 11) is 0. The fourth-order valence-electron chi connectivity index (χ4n) is 3.98. The molecule has 1 amide bonds. The van der Waals surface area contributed by atoms with Crippen molar-refractivity contribution >= 4 is 34.1 Å². The van der Waals surface area contributed by atoms with Gasteiger partial charge in [-0.25, -0.2) is 18.6 Å². The standard InChI is InChI=1S/C26H20F2N4O3/c1-2-35-26(34)21-15-31-14-20(7-9-24(31)30-21)29-25(33)23-12-17-11-19(28)6-8-22(17)32(23)13-16-4-3-5-18(27)10-16/h3-12,14-15H,2,13H2,1H3,(H,29,33). The Hall–Kier alpha value is -4.53. The summed E-state index contributed by atoms with van der Waals surface area (Å²) in [5.41, 5.74) is 2.73. The molecule has 0 radical (unpaired) electrons. The summed E-state index contributed by atoms with van der Waals surface area (Å²) in [6, 6.07) is 15.3. The summed E-state index contributed by atoms with van der Waals surface area (Å²) in [6.07, 6.45) is 3.15. The highest BCUT2D eigenvalue weighted by Crippen LogP contribution is 2.24. The minimum Gasteiger partial charge on any atom is -0.461 e. The summed E-state index contributed by atoms with van der Waals surface area (Å²) in [6.45, 7) is 2.17. The van der Waals surface area contributed by atoms with Crippen LogP contribution >= 0.6 is 0 Å². The van der Waals surface area contributed by atoms with Gasteiger partial charge in [0.25, 0.3) is 5.91 Å². The van der Waals surface area contributed by atoms with E-state index in [-0.39, 0.29) is 30.4 Å². The first-order valence-corrected chi connectivity index (χ1v) is 10.9. The van der Waals surface area contributed by atoms with Crippen molar-refractivity contribution in [2.45, 2.75) is 13.5 Å². The number of pyridine rings is 1. The lowest BCUT2D eigenvalue weighted by Crippen LogP contribution is -2.17. The molecule has 1 N–H and O–H groups in total. The van der Waals surface area contributed by atoms with Gasteiger partial charge >= 0.3 is 5.97 Å². The second-order valence-corrected chi connectivity index (χ2v) is 7.93. The molecule has 5 aromatic rings. The van der Waals surface area contributed by atoms with Crippen molar-refractivity contribution in [3.8, 4) is 0 Å².